The van der Waals surface area contributed by atoms with Crippen molar-refractivity contribution in [2.75, 3.05) is 30.0 Å². The quantitative estimate of drug-likeness (QED) is 0.0765. The van der Waals surface area contributed by atoms with Crippen LogP contribution in [0.2, 0.25) is 0 Å². The molecule has 49 heavy (non-hydrogen) atoms. The molecule has 1 saturated heterocycles. The number of nitrogens with one attached hydrogen (secondary N) is 2. The molecule has 1 aliphatic heterocycles. The highest BCUT2D eigenvalue weighted by Gasteiger charge is 2.33. The van der Waals surface area contributed by atoms with Crippen molar-refractivity contribution in [2.45, 2.75) is 76.6 Å². The van der Waals surface area contributed by atoms with Gasteiger partial charge in [0.05, 0.1) is 30.2 Å². The van der Waals surface area contributed by atoms with Crippen LogP contribution in [0.5, 0.6) is 0 Å². The van der Waals surface area contributed by atoms with Crippen molar-refractivity contribution in [2.24, 2.45) is 0 Å². The van der Waals surface area contributed by atoms with E-state index in [-0.39, 0.29) is 36.7 Å². The molecule has 9 heteroatoms. The van der Waals surface area contributed by atoms with Gasteiger partial charge in [0.15, 0.2) is 6.29 Å². The van der Waals surface area contributed by atoms with Gasteiger partial charge in [0.25, 0.3) is 0 Å². The summed E-state index contributed by atoms with van der Waals surface area (Å²) >= 11 is 0. The van der Waals surface area contributed by atoms with Crippen LogP contribution in [0.3, 0.4) is 0 Å². The summed E-state index contributed by atoms with van der Waals surface area (Å²) in [5.74, 6) is -0.152. The molecule has 1 aliphatic rings. The van der Waals surface area contributed by atoms with E-state index in [0.29, 0.717) is 49.2 Å². The molecule has 9 nitrogen and oxygen atoms in total. The van der Waals surface area contributed by atoms with Crippen LogP contribution in [0, 0.1) is 0 Å². The zero-order valence-corrected chi connectivity index (χ0v) is 28.4. The van der Waals surface area contributed by atoms with Crippen molar-refractivity contribution in [1.29, 1.82) is 0 Å². The van der Waals surface area contributed by atoms with E-state index in [1.165, 1.54) is 5.56 Å². The third kappa shape index (κ3) is 10.5. The van der Waals surface area contributed by atoms with Gasteiger partial charge < -0.3 is 30.9 Å². The molecule has 2 amide bonds. The SMILES string of the molecule is C[C@@H](c1ccccc1)N(C)C[C@@H]1C[C@H](c2ccc(CO)cc2)O[C@H](c2ccc(NC(=O)CCCCCC(=O)Nc3ccccc3N)cc2)O1. The van der Waals surface area contributed by atoms with Crippen molar-refractivity contribution < 1.29 is 24.2 Å². The van der Waals surface area contributed by atoms with Crippen LogP contribution in [0.4, 0.5) is 17.1 Å². The first-order valence-corrected chi connectivity index (χ1v) is 17.1. The average Bonchev–Trinajstić information content (AvgIpc) is 3.12. The summed E-state index contributed by atoms with van der Waals surface area (Å²) in [6.07, 6.45) is 2.74. The molecule has 4 aromatic rings. The number of likely N-dealkylation sites (N-methyl/N-ethyl adjacent to an activating group) is 1. The van der Waals surface area contributed by atoms with Crippen LogP contribution in [0.15, 0.2) is 103 Å². The molecule has 5 rings (SSSR count). The summed E-state index contributed by atoms with van der Waals surface area (Å²) < 4.78 is 13.1. The van der Waals surface area contributed by atoms with Gasteiger partial charge in [-0.25, -0.2) is 0 Å². The number of ether oxygens (including phenoxy) is 2. The Kier molecular flexibility index (Phi) is 12.9. The highest BCUT2D eigenvalue weighted by molar-refractivity contribution is 5.93. The predicted octanol–water partition coefficient (Wildman–Crippen LogP) is 7.53. The zero-order chi connectivity index (χ0) is 34.6. The highest BCUT2D eigenvalue weighted by atomic mass is 16.7. The van der Waals surface area contributed by atoms with E-state index < -0.39 is 6.29 Å². The van der Waals surface area contributed by atoms with Gasteiger partial charge in [-0.05, 0) is 67.8 Å². The van der Waals surface area contributed by atoms with E-state index in [1.807, 2.05) is 66.7 Å². The van der Waals surface area contributed by atoms with E-state index in [1.54, 1.807) is 12.1 Å². The number of aliphatic hydroxyl groups excluding tert-OH is 1. The number of carbonyl (C=O) groups excluding carboxylic acids is 2. The molecule has 4 atom stereocenters. The fourth-order valence-corrected chi connectivity index (χ4v) is 6.02. The van der Waals surface area contributed by atoms with Crippen molar-refractivity contribution >= 4 is 28.9 Å². The smallest absolute Gasteiger partial charge is 0.224 e. The Bertz CT molecular complexity index is 1630. The summed E-state index contributed by atoms with van der Waals surface area (Å²) in [6, 6.07) is 33.3. The Morgan fingerprint density at radius 3 is 2.12 bits per heavy atom. The molecule has 1 heterocycles. The number of nitrogen functional groups attached to an aromatic ring is 1. The molecule has 0 saturated carbocycles. The Hall–Kier alpha value is -4.54. The molecule has 0 spiro atoms. The minimum absolute atomic E-state index is 0.00457. The maximum atomic E-state index is 12.6. The lowest BCUT2D eigenvalue weighted by molar-refractivity contribution is -0.253. The van der Waals surface area contributed by atoms with Gasteiger partial charge in [-0.15, -0.1) is 0 Å². The minimum atomic E-state index is -0.581. The first-order chi connectivity index (χ1) is 23.8. The number of anilines is 3. The Balaban J connectivity index is 1.13. The number of hydrogen-bond acceptors (Lipinski definition) is 7. The maximum Gasteiger partial charge on any atom is 0.224 e. The van der Waals surface area contributed by atoms with E-state index >= 15 is 0 Å². The lowest BCUT2D eigenvalue weighted by Gasteiger charge is -2.39. The molecule has 4 aromatic carbocycles. The fraction of sp³-hybridized carbons (Fsp3) is 0.350. The van der Waals surface area contributed by atoms with Gasteiger partial charge in [0, 0.05) is 43.1 Å². The molecular formula is C40H48N4O5. The second kappa shape index (κ2) is 17.7. The lowest BCUT2D eigenvalue weighted by Crippen LogP contribution is -2.38. The highest BCUT2D eigenvalue weighted by Crippen LogP contribution is 2.39. The van der Waals surface area contributed by atoms with Crippen molar-refractivity contribution in [1.82, 2.24) is 4.90 Å². The average molecular weight is 665 g/mol. The van der Waals surface area contributed by atoms with E-state index in [9.17, 15) is 14.7 Å². The zero-order valence-electron chi connectivity index (χ0n) is 28.4. The minimum Gasteiger partial charge on any atom is -0.397 e. The number of amides is 2. The van der Waals surface area contributed by atoms with Gasteiger partial charge >= 0.3 is 0 Å². The Labute approximate surface area is 289 Å². The fourth-order valence-electron chi connectivity index (χ4n) is 6.02. The molecule has 0 radical (unpaired) electrons. The number of nitrogens with zero attached hydrogens (tertiary/aromatic N) is 1. The molecule has 5 N–H and O–H groups in total. The summed E-state index contributed by atoms with van der Waals surface area (Å²) in [7, 11) is 2.12. The van der Waals surface area contributed by atoms with Crippen molar-refractivity contribution in [3.05, 3.63) is 125 Å². The summed E-state index contributed by atoms with van der Waals surface area (Å²) in [5.41, 5.74) is 11.8. The second-order valence-corrected chi connectivity index (χ2v) is 12.7. The first kappa shape index (κ1) is 35.8. The number of nitrogens with two attached hydrogens (primary N) is 1. The summed E-state index contributed by atoms with van der Waals surface area (Å²) in [4.78, 5) is 27.2. The predicted molar refractivity (Wildman–Crippen MR) is 194 cm³/mol. The molecule has 0 aromatic heterocycles. The number of unbranched alkanes of at least 4 members (excludes halogenated alkanes) is 2. The first-order valence-electron chi connectivity index (χ1n) is 17.1. The Morgan fingerprint density at radius 2 is 1.45 bits per heavy atom. The number of carbonyl (C=O) groups is 2. The molecule has 1 fully saturated rings. The van der Waals surface area contributed by atoms with Gasteiger partial charge in [-0.2, -0.15) is 0 Å². The third-order valence-electron chi connectivity index (χ3n) is 9.06. The Morgan fingerprint density at radius 1 is 0.816 bits per heavy atom. The van der Waals surface area contributed by atoms with Gasteiger partial charge in [0.1, 0.15) is 0 Å². The van der Waals surface area contributed by atoms with Crippen LogP contribution in [0.25, 0.3) is 0 Å². The van der Waals surface area contributed by atoms with Crippen LogP contribution in [-0.2, 0) is 25.7 Å². The largest absolute Gasteiger partial charge is 0.397 e. The van der Waals surface area contributed by atoms with E-state index in [0.717, 1.165) is 29.7 Å². The van der Waals surface area contributed by atoms with E-state index in [4.69, 9.17) is 15.2 Å². The number of aliphatic hydroxyl groups is 1. The van der Waals surface area contributed by atoms with Gasteiger partial charge in [0.2, 0.25) is 11.8 Å². The number of hydrogen-bond donors (Lipinski definition) is 4. The second-order valence-electron chi connectivity index (χ2n) is 12.7. The molecule has 258 valence electrons. The third-order valence-corrected chi connectivity index (χ3v) is 9.06. The van der Waals surface area contributed by atoms with Crippen molar-refractivity contribution in [3.8, 4) is 0 Å². The summed E-state index contributed by atoms with van der Waals surface area (Å²) in [5, 5.41) is 15.3. The molecule has 0 bridgehead atoms. The van der Waals surface area contributed by atoms with Crippen molar-refractivity contribution in [3.63, 3.8) is 0 Å². The molecule has 0 unspecified atom stereocenters. The van der Waals surface area contributed by atoms with Crippen LogP contribution in [0.1, 0.15) is 86.1 Å². The van der Waals surface area contributed by atoms with Gasteiger partial charge in [-0.3, -0.25) is 14.5 Å². The van der Waals surface area contributed by atoms with Crippen LogP contribution < -0.4 is 16.4 Å². The van der Waals surface area contributed by atoms with Crippen LogP contribution >= 0.6 is 0 Å². The number of rotatable bonds is 15. The number of benzene rings is 4. The normalized spacial score (nSPS) is 18.2. The van der Waals surface area contributed by atoms with Crippen LogP contribution in [-0.4, -0.2) is 41.5 Å². The van der Waals surface area contributed by atoms with Gasteiger partial charge in [-0.1, -0.05) is 85.3 Å². The van der Waals surface area contributed by atoms with E-state index in [2.05, 4.69) is 53.8 Å². The summed E-state index contributed by atoms with van der Waals surface area (Å²) in [6.45, 7) is 2.92. The maximum absolute atomic E-state index is 12.6. The lowest BCUT2D eigenvalue weighted by atomic mass is 9.99. The number of para-hydroxylation sites is 2. The molecule has 0 aliphatic carbocycles. The molecular weight excluding hydrogens is 616 g/mol. The monoisotopic (exact) mass is 664 g/mol. The topological polar surface area (TPSA) is 126 Å². The standard InChI is InChI=1S/C40H48N4O5/c1-28(30-11-5-3-6-12-30)44(2)26-34-25-37(31-19-17-29(27-45)18-20-31)49-40(48-34)32-21-23-33(24-22-32)42-38(46)15-7-4-8-16-39(47)43-36-14-10-9-13-35(36)41/h3,5-6,9-14,17-24,28,34,37,40,45H,4,7-8,15-16,25-27,41H2,1-2H3,(H,42,46)(H,43,47)/t28-,34-,37+,40+/m0/s1.